The van der Waals surface area contributed by atoms with Gasteiger partial charge in [-0.25, -0.2) is 0 Å². The molecule has 3 rings (SSSR count). The number of rotatable bonds is 2. The number of pyridine rings is 1. The third-order valence-electron chi connectivity index (χ3n) is 2.68. The van der Waals surface area contributed by atoms with E-state index in [2.05, 4.69) is 10.1 Å². The molecule has 0 N–H and O–H groups in total. The van der Waals surface area contributed by atoms with E-state index in [4.69, 9.17) is 11.6 Å². The van der Waals surface area contributed by atoms with E-state index in [0.717, 1.165) is 10.4 Å². The van der Waals surface area contributed by atoms with Gasteiger partial charge in [-0.05, 0) is 35.1 Å². The fourth-order valence-corrected chi connectivity index (χ4v) is 1.97. The van der Waals surface area contributed by atoms with Gasteiger partial charge in [0.2, 0.25) is 11.9 Å². The molecule has 0 radical (unpaired) electrons. The Labute approximate surface area is 114 Å². The first-order chi connectivity index (χ1) is 9.25. The van der Waals surface area contributed by atoms with E-state index in [9.17, 15) is 5.21 Å². The van der Waals surface area contributed by atoms with Crippen LogP contribution in [-0.4, -0.2) is 14.9 Å². The van der Waals surface area contributed by atoms with Crippen molar-refractivity contribution in [1.29, 1.82) is 0 Å². The summed E-state index contributed by atoms with van der Waals surface area (Å²) in [5.74, 6) is 0. The third-order valence-corrected chi connectivity index (χ3v) is 2.92. The summed E-state index contributed by atoms with van der Waals surface area (Å²) < 4.78 is 0. The zero-order chi connectivity index (χ0) is 13.2. The quantitative estimate of drug-likeness (QED) is 0.531. The van der Waals surface area contributed by atoms with Crippen molar-refractivity contribution in [2.75, 3.05) is 0 Å². The number of aromatic nitrogens is 4. The van der Waals surface area contributed by atoms with Crippen LogP contribution in [0.15, 0.2) is 55.0 Å². The van der Waals surface area contributed by atoms with E-state index in [1.807, 2.05) is 0 Å². The topological polar surface area (TPSA) is 57.6 Å². The number of halogens is 1. The molecule has 94 valence electrons. The first kappa shape index (κ1) is 11.7. The summed E-state index contributed by atoms with van der Waals surface area (Å²) in [5.41, 5.74) is 1.84. The van der Waals surface area contributed by atoms with Crippen molar-refractivity contribution in [3.8, 4) is 16.9 Å². The summed E-state index contributed by atoms with van der Waals surface area (Å²) in [6, 6.07) is 10.5. The predicted molar refractivity (Wildman–Crippen MR) is 70.8 cm³/mol. The van der Waals surface area contributed by atoms with Gasteiger partial charge in [-0.2, -0.15) is 0 Å². The van der Waals surface area contributed by atoms with Crippen LogP contribution in [0, 0.1) is 5.21 Å². The summed E-state index contributed by atoms with van der Waals surface area (Å²) in [6.45, 7) is 0. The van der Waals surface area contributed by atoms with Gasteiger partial charge in [-0.1, -0.05) is 17.7 Å². The molecular formula is C13H9ClN4O. The second kappa shape index (κ2) is 4.70. The molecule has 0 spiro atoms. The van der Waals surface area contributed by atoms with Crippen molar-refractivity contribution in [3.63, 3.8) is 0 Å². The second-order valence-electron chi connectivity index (χ2n) is 3.91. The second-order valence-corrected chi connectivity index (χ2v) is 4.34. The highest BCUT2D eigenvalue weighted by atomic mass is 35.5. The van der Waals surface area contributed by atoms with Gasteiger partial charge in [0.25, 0.3) is 0 Å². The van der Waals surface area contributed by atoms with Crippen LogP contribution < -0.4 is 4.85 Å². The maximum atomic E-state index is 12.2. The summed E-state index contributed by atoms with van der Waals surface area (Å²) >= 11 is 5.91. The van der Waals surface area contributed by atoms with Gasteiger partial charge >= 0.3 is 0 Å². The molecule has 2 heterocycles. The Morgan fingerprint density at radius 1 is 1.16 bits per heavy atom. The first-order valence-electron chi connectivity index (χ1n) is 5.60. The summed E-state index contributed by atoms with van der Waals surface area (Å²) in [7, 11) is 0. The van der Waals surface area contributed by atoms with Gasteiger partial charge in [-0.3, -0.25) is 4.98 Å². The van der Waals surface area contributed by atoms with Gasteiger partial charge in [0.05, 0.1) is 0 Å². The van der Waals surface area contributed by atoms with E-state index in [1.165, 1.54) is 11.0 Å². The number of nitrogens with zero attached hydrogens (tertiary/aromatic N) is 4. The molecule has 19 heavy (non-hydrogen) atoms. The molecule has 3 aromatic rings. The zero-order valence-corrected chi connectivity index (χ0v) is 10.5. The summed E-state index contributed by atoms with van der Waals surface area (Å²) in [5, 5.41) is 16.9. The maximum Gasteiger partial charge on any atom is 0.215 e. The van der Waals surface area contributed by atoms with Crippen LogP contribution in [0.3, 0.4) is 0 Å². The minimum atomic E-state index is 0.461. The van der Waals surface area contributed by atoms with Crippen LogP contribution in [0.25, 0.3) is 16.9 Å². The molecule has 0 atom stereocenters. The van der Waals surface area contributed by atoms with Gasteiger partial charge in [0.1, 0.15) is 5.69 Å². The molecule has 0 amide bonds. The highest BCUT2D eigenvalue weighted by molar-refractivity contribution is 6.30. The zero-order valence-electron chi connectivity index (χ0n) is 9.77. The largest absolute Gasteiger partial charge is 0.692 e. The number of benzene rings is 1. The molecule has 2 aromatic heterocycles. The highest BCUT2D eigenvalue weighted by Gasteiger charge is 2.15. The van der Waals surface area contributed by atoms with Crippen molar-refractivity contribution in [3.05, 3.63) is 65.2 Å². The summed E-state index contributed by atoms with van der Waals surface area (Å²) in [6.07, 6.45) is 4.78. The SMILES string of the molecule is [O-][n+]1c(-c2ccncc2)cnn1-c1cccc(Cl)c1. The van der Waals surface area contributed by atoms with E-state index in [1.54, 1.807) is 48.8 Å². The van der Waals surface area contributed by atoms with E-state index >= 15 is 0 Å². The average Bonchev–Trinajstić information content (AvgIpc) is 2.81. The smallest absolute Gasteiger partial charge is 0.215 e. The van der Waals surface area contributed by atoms with Crippen LogP contribution in [0.5, 0.6) is 0 Å². The van der Waals surface area contributed by atoms with Crippen LogP contribution in [0.1, 0.15) is 0 Å². The molecule has 0 fully saturated rings. The van der Waals surface area contributed by atoms with Crippen molar-refractivity contribution in [1.82, 2.24) is 14.9 Å². The van der Waals surface area contributed by atoms with Crippen LogP contribution in [-0.2, 0) is 0 Å². The molecule has 0 saturated heterocycles. The monoisotopic (exact) mass is 272 g/mol. The van der Waals surface area contributed by atoms with Gasteiger partial charge in [0.15, 0.2) is 0 Å². The Hall–Kier alpha value is -2.40. The molecule has 0 aliphatic carbocycles. The molecule has 0 aliphatic heterocycles. The molecule has 0 saturated carbocycles. The predicted octanol–water partition coefficient (Wildman–Crippen LogP) is 2.22. The van der Waals surface area contributed by atoms with Crippen LogP contribution in [0.2, 0.25) is 5.02 Å². The lowest BCUT2D eigenvalue weighted by Crippen LogP contribution is -2.38. The lowest BCUT2D eigenvalue weighted by atomic mass is 10.2. The minimum absolute atomic E-state index is 0.461. The lowest BCUT2D eigenvalue weighted by molar-refractivity contribution is -0.678. The number of hydrogen-bond acceptors (Lipinski definition) is 3. The molecule has 1 aromatic carbocycles. The van der Waals surface area contributed by atoms with Gasteiger partial charge in [-0.15, -0.1) is 4.85 Å². The van der Waals surface area contributed by atoms with E-state index in [-0.39, 0.29) is 0 Å². The molecule has 0 aliphatic rings. The van der Waals surface area contributed by atoms with Crippen LogP contribution in [0.4, 0.5) is 0 Å². The Morgan fingerprint density at radius 3 is 2.68 bits per heavy atom. The molecule has 0 bridgehead atoms. The maximum absolute atomic E-state index is 12.2. The Kier molecular flexibility index (Phi) is 2.89. The van der Waals surface area contributed by atoms with Crippen LogP contribution >= 0.6 is 11.6 Å². The van der Waals surface area contributed by atoms with Gasteiger partial charge < -0.3 is 5.21 Å². The Balaban J connectivity index is 2.09. The Bertz CT molecular complexity index is 712. The van der Waals surface area contributed by atoms with Crippen molar-refractivity contribution < 1.29 is 4.85 Å². The molecule has 6 heteroatoms. The fourth-order valence-electron chi connectivity index (χ4n) is 1.79. The fraction of sp³-hybridized carbons (Fsp3) is 0. The van der Waals surface area contributed by atoms with Crippen molar-refractivity contribution >= 4 is 11.6 Å². The van der Waals surface area contributed by atoms with E-state index in [0.29, 0.717) is 16.4 Å². The molecule has 5 nitrogen and oxygen atoms in total. The number of hydrogen-bond donors (Lipinski definition) is 0. The standard InChI is InChI=1S/C13H9ClN4O/c14-11-2-1-3-12(8-11)17-16-9-13(18(17)19)10-4-6-15-7-5-10/h1-9H. The third kappa shape index (κ3) is 2.15. The minimum Gasteiger partial charge on any atom is -0.692 e. The average molecular weight is 273 g/mol. The van der Waals surface area contributed by atoms with Crippen molar-refractivity contribution in [2.24, 2.45) is 0 Å². The van der Waals surface area contributed by atoms with Gasteiger partial charge in [0, 0.05) is 28.1 Å². The molecule has 0 unspecified atom stereocenters. The molecular weight excluding hydrogens is 264 g/mol. The first-order valence-corrected chi connectivity index (χ1v) is 5.98. The Morgan fingerprint density at radius 2 is 1.95 bits per heavy atom. The summed E-state index contributed by atoms with van der Waals surface area (Å²) in [4.78, 5) is 5.90. The van der Waals surface area contributed by atoms with Crippen molar-refractivity contribution in [2.45, 2.75) is 0 Å². The normalized spacial score (nSPS) is 10.6. The lowest BCUT2D eigenvalue weighted by Gasteiger charge is -2.06. The van der Waals surface area contributed by atoms with E-state index < -0.39 is 0 Å². The highest BCUT2D eigenvalue weighted by Crippen LogP contribution is 2.16.